The van der Waals surface area contributed by atoms with Gasteiger partial charge in [-0.3, -0.25) is 0 Å². The molecule has 6 nitrogen and oxygen atoms in total. The fourth-order valence-corrected chi connectivity index (χ4v) is 5.52. The van der Waals surface area contributed by atoms with Crippen molar-refractivity contribution in [2.75, 3.05) is 13.1 Å². The highest BCUT2D eigenvalue weighted by atomic mass is 79.9. The zero-order valence-corrected chi connectivity index (χ0v) is 17.4. The van der Waals surface area contributed by atoms with Gasteiger partial charge in [0.05, 0.1) is 15.9 Å². The molecule has 0 bridgehead atoms. The number of sulfonamides is 1. The summed E-state index contributed by atoms with van der Waals surface area (Å²) in [4.78, 5) is 8.63. The average molecular weight is 452 g/mol. The van der Waals surface area contributed by atoms with Crippen LogP contribution in [-0.4, -0.2) is 41.9 Å². The first-order chi connectivity index (χ1) is 13.0. The van der Waals surface area contributed by atoms with Gasteiger partial charge in [-0.15, -0.1) is 0 Å². The minimum Gasteiger partial charge on any atom is -0.459 e. The van der Waals surface area contributed by atoms with E-state index in [4.69, 9.17) is 4.74 Å². The van der Waals surface area contributed by atoms with Crippen LogP contribution >= 0.6 is 15.9 Å². The van der Waals surface area contributed by atoms with Crippen molar-refractivity contribution in [1.82, 2.24) is 14.3 Å². The fourth-order valence-electron chi connectivity index (χ4n) is 3.75. The first-order valence-corrected chi connectivity index (χ1v) is 11.5. The Hall–Kier alpha value is -1.51. The van der Waals surface area contributed by atoms with E-state index < -0.39 is 10.0 Å². The molecule has 27 heavy (non-hydrogen) atoms. The highest BCUT2D eigenvalue weighted by molar-refractivity contribution is 9.10. The number of ether oxygens (including phenoxy) is 1. The maximum atomic E-state index is 13.1. The van der Waals surface area contributed by atoms with Crippen molar-refractivity contribution in [2.24, 2.45) is 0 Å². The van der Waals surface area contributed by atoms with Gasteiger partial charge in [-0.1, -0.05) is 6.07 Å². The number of benzene rings is 1. The molecule has 2 heterocycles. The van der Waals surface area contributed by atoms with Crippen LogP contribution in [0.15, 0.2) is 40.0 Å². The third-order valence-electron chi connectivity index (χ3n) is 5.17. The van der Waals surface area contributed by atoms with Gasteiger partial charge in [0, 0.05) is 18.9 Å². The molecule has 0 saturated carbocycles. The third kappa shape index (κ3) is 4.17. The summed E-state index contributed by atoms with van der Waals surface area (Å²) in [6.07, 6.45) is 8.85. The summed E-state index contributed by atoms with van der Waals surface area (Å²) < 4.78 is 34.4. The second-order valence-corrected chi connectivity index (χ2v) is 9.92. The average Bonchev–Trinajstić information content (AvgIpc) is 2.69. The van der Waals surface area contributed by atoms with E-state index in [0.717, 1.165) is 36.6 Å². The lowest BCUT2D eigenvalue weighted by Crippen LogP contribution is -2.44. The second kappa shape index (κ2) is 7.85. The van der Waals surface area contributed by atoms with E-state index >= 15 is 0 Å². The molecule has 0 radical (unpaired) electrons. The monoisotopic (exact) mass is 451 g/mol. The van der Waals surface area contributed by atoms with E-state index in [9.17, 15) is 8.42 Å². The number of aromatic nitrogens is 2. The van der Waals surface area contributed by atoms with E-state index in [0.29, 0.717) is 18.0 Å². The van der Waals surface area contributed by atoms with Crippen molar-refractivity contribution in [3.05, 3.63) is 46.2 Å². The van der Waals surface area contributed by atoms with E-state index in [1.54, 1.807) is 18.5 Å². The van der Waals surface area contributed by atoms with E-state index in [1.807, 2.05) is 12.1 Å². The van der Waals surface area contributed by atoms with Gasteiger partial charge in [0.2, 0.25) is 10.0 Å². The van der Waals surface area contributed by atoms with E-state index in [1.165, 1.54) is 21.9 Å². The molecule has 8 heteroatoms. The molecule has 1 aliphatic heterocycles. The van der Waals surface area contributed by atoms with Crippen molar-refractivity contribution in [3.8, 4) is 6.01 Å². The molecule has 1 saturated heterocycles. The Kier molecular flexibility index (Phi) is 5.48. The Morgan fingerprint density at radius 2 is 1.81 bits per heavy atom. The molecular formula is C19H22BrN3O3S. The van der Waals surface area contributed by atoms with E-state index in [-0.39, 0.29) is 12.1 Å². The predicted octanol–water partition coefficient (Wildman–Crippen LogP) is 3.35. The molecule has 2 aliphatic rings. The number of hydrogen-bond acceptors (Lipinski definition) is 5. The van der Waals surface area contributed by atoms with Gasteiger partial charge in [0.1, 0.15) is 6.10 Å². The van der Waals surface area contributed by atoms with Crippen LogP contribution in [0.3, 0.4) is 0 Å². The Balaban J connectivity index is 1.50. The first-order valence-electron chi connectivity index (χ1n) is 9.28. The summed E-state index contributed by atoms with van der Waals surface area (Å²) in [5.41, 5.74) is 2.46. The van der Waals surface area contributed by atoms with Crippen LogP contribution in [0, 0.1) is 0 Å². The van der Waals surface area contributed by atoms with Crippen LogP contribution in [0.2, 0.25) is 0 Å². The molecule has 0 amide bonds. The smallest absolute Gasteiger partial charge is 0.316 e. The number of nitrogens with zero attached hydrogens (tertiary/aromatic N) is 3. The Bertz CT molecular complexity index is 918. The molecule has 4 rings (SSSR count). The van der Waals surface area contributed by atoms with Crippen molar-refractivity contribution in [3.63, 3.8) is 0 Å². The SMILES string of the molecule is O=S(=O)(c1ccc2c(c1)CCCC2)N1CCCC(Oc2ncc(Br)cn2)C1. The molecule has 0 spiro atoms. The Morgan fingerprint density at radius 1 is 1.07 bits per heavy atom. The number of rotatable bonds is 4. The molecule has 144 valence electrons. The number of fused-ring (bicyclic) bond motifs is 1. The summed E-state index contributed by atoms with van der Waals surface area (Å²) in [6, 6.07) is 5.87. The lowest BCUT2D eigenvalue weighted by atomic mass is 9.92. The quantitative estimate of drug-likeness (QED) is 0.712. The maximum absolute atomic E-state index is 13.1. The third-order valence-corrected chi connectivity index (χ3v) is 7.44. The van der Waals surface area contributed by atoms with Crippen LogP contribution in [0.4, 0.5) is 0 Å². The van der Waals surface area contributed by atoms with Crippen LogP contribution in [-0.2, 0) is 22.9 Å². The van der Waals surface area contributed by atoms with Gasteiger partial charge in [-0.05, 0) is 77.7 Å². The molecule has 1 fully saturated rings. The summed E-state index contributed by atoms with van der Waals surface area (Å²) in [7, 11) is -3.52. The predicted molar refractivity (Wildman–Crippen MR) is 105 cm³/mol. The summed E-state index contributed by atoms with van der Waals surface area (Å²) >= 11 is 3.29. The van der Waals surface area contributed by atoms with E-state index in [2.05, 4.69) is 25.9 Å². The number of halogens is 1. The fraction of sp³-hybridized carbons (Fsp3) is 0.474. The number of piperidine rings is 1. The molecule has 1 atom stereocenters. The topological polar surface area (TPSA) is 72.4 Å². The standard InChI is InChI=1S/C19H22BrN3O3S/c20-16-11-21-19(22-12-16)26-17-6-3-9-23(13-17)27(24,25)18-8-7-14-4-1-2-5-15(14)10-18/h7-8,10-12,17H,1-6,9,13H2. The van der Waals surface area contributed by atoms with Gasteiger partial charge in [-0.2, -0.15) is 4.31 Å². The van der Waals surface area contributed by atoms with Crippen molar-refractivity contribution >= 4 is 26.0 Å². The maximum Gasteiger partial charge on any atom is 0.316 e. The van der Waals surface area contributed by atoms with Crippen molar-refractivity contribution < 1.29 is 13.2 Å². The Morgan fingerprint density at radius 3 is 2.59 bits per heavy atom. The summed E-state index contributed by atoms with van der Waals surface area (Å²) in [5.74, 6) is 0. The lowest BCUT2D eigenvalue weighted by molar-refractivity contribution is 0.119. The zero-order valence-electron chi connectivity index (χ0n) is 15.0. The molecule has 1 aromatic carbocycles. The number of hydrogen-bond donors (Lipinski definition) is 0. The van der Waals surface area contributed by atoms with Crippen LogP contribution in [0.5, 0.6) is 6.01 Å². The highest BCUT2D eigenvalue weighted by Crippen LogP contribution is 2.27. The summed E-state index contributed by atoms with van der Waals surface area (Å²) in [6.45, 7) is 0.833. The Labute approximate surface area is 168 Å². The minimum atomic E-state index is -3.52. The van der Waals surface area contributed by atoms with Crippen LogP contribution in [0.25, 0.3) is 0 Å². The van der Waals surface area contributed by atoms with Crippen molar-refractivity contribution in [2.45, 2.75) is 49.5 Å². The minimum absolute atomic E-state index is 0.243. The van der Waals surface area contributed by atoms with Gasteiger partial charge in [0.15, 0.2) is 0 Å². The largest absolute Gasteiger partial charge is 0.459 e. The van der Waals surface area contributed by atoms with Crippen LogP contribution < -0.4 is 4.74 Å². The second-order valence-electron chi connectivity index (χ2n) is 7.07. The molecule has 0 N–H and O–H groups in total. The van der Waals surface area contributed by atoms with Gasteiger partial charge in [0.25, 0.3) is 0 Å². The molecule has 2 aromatic rings. The van der Waals surface area contributed by atoms with Crippen molar-refractivity contribution in [1.29, 1.82) is 0 Å². The molecule has 1 aliphatic carbocycles. The first kappa shape index (κ1) is 18.8. The zero-order chi connectivity index (χ0) is 18.9. The summed E-state index contributed by atoms with van der Waals surface area (Å²) in [5, 5.41) is 0. The van der Waals surface area contributed by atoms with Gasteiger partial charge < -0.3 is 4.74 Å². The normalized spacial score (nSPS) is 20.9. The van der Waals surface area contributed by atoms with Crippen LogP contribution in [0.1, 0.15) is 36.8 Å². The molecular weight excluding hydrogens is 430 g/mol. The highest BCUT2D eigenvalue weighted by Gasteiger charge is 2.32. The molecule has 1 unspecified atom stereocenters. The molecule has 1 aromatic heterocycles. The van der Waals surface area contributed by atoms with Gasteiger partial charge in [-0.25, -0.2) is 18.4 Å². The van der Waals surface area contributed by atoms with Gasteiger partial charge >= 0.3 is 6.01 Å². The number of aryl methyl sites for hydroxylation is 2. The lowest BCUT2D eigenvalue weighted by Gasteiger charge is -2.31.